The molecule has 1 fully saturated rings. The van der Waals surface area contributed by atoms with E-state index in [2.05, 4.69) is 9.51 Å². The van der Waals surface area contributed by atoms with Crippen LogP contribution in [0.5, 0.6) is 0 Å². The molecule has 1 rings (SSSR count). The Morgan fingerprint density at radius 3 is 1.70 bits per heavy atom. The van der Waals surface area contributed by atoms with Crippen molar-refractivity contribution in [2.45, 2.75) is 29.8 Å². The van der Waals surface area contributed by atoms with Crippen molar-refractivity contribution in [3.8, 4) is 22.4 Å². The fourth-order valence-electron chi connectivity index (χ4n) is 1.49. The summed E-state index contributed by atoms with van der Waals surface area (Å²) >= 11 is -2.06. The molecule has 0 bridgehead atoms. The Hall–Kier alpha value is -0.337. The molecule has 0 saturated carbocycles. The van der Waals surface area contributed by atoms with Gasteiger partial charge in [-0.1, -0.05) is 0 Å². The van der Waals surface area contributed by atoms with Crippen LogP contribution in [0, 0.1) is 22.4 Å². The van der Waals surface area contributed by atoms with Crippen LogP contribution in [-0.4, -0.2) is 13.3 Å². The van der Waals surface area contributed by atoms with E-state index in [0.717, 1.165) is 0 Å². The molecule has 0 N–H and O–H groups in total. The fraction of sp³-hybridized carbons (Fsp3) is 0.556. The molecule has 10 heavy (non-hydrogen) atoms. The van der Waals surface area contributed by atoms with Gasteiger partial charge in [-0.3, -0.25) is 0 Å². The Kier molecular flexibility index (Phi) is 2.46. The average Bonchev–Trinajstić information content (AvgIpc) is 2.06. The molecule has 0 nitrogen and oxygen atoms in total. The summed E-state index contributed by atoms with van der Waals surface area (Å²) in [6.07, 6.45) is 14.8. The van der Waals surface area contributed by atoms with Gasteiger partial charge in [-0.15, -0.1) is 0 Å². The van der Waals surface area contributed by atoms with Crippen LogP contribution in [0.3, 0.4) is 0 Å². The van der Waals surface area contributed by atoms with Gasteiger partial charge in [0.2, 0.25) is 0 Å². The maximum atomic E-state index is 5.44. The summed E-state index contributed by atoms with van der Waals surface area (Å²) < 4.78 is 5.84. The molecule has 52 valence electrons. The predicted molar refractivity (Wildman–Crippen MR) is 46.9 cm³/mol. The summed E-state index contributed by atoms with van der Waals surface area (Å²) in [7, 11) is 0. The first-order chi connectivity index (χ1) is 4.83. The number of rotatable bonds is 0. The normalized spacial score (nSPS) is 22.6. The van der Waals surface area contributed by atoms with E-state index in [0.29, 0.717) is 0 Å². The third-order valence-electron chi connectivity index (χ3n) is 2.26. The van der Waals surface area contributed by atoms with Crippen molar-refractivity contribution in [2.24, 2.45) is 0 Å². The Balaban J connectivity index is 2.67. The van der Waals surface area contributed by atoms with Crippen molar-refractivity contribution in [2.75, 3.05) is 0 Å². The van der Waals surface area contributed by atoms with Crippen LogP contribution in [-0.2, 0) is 0 Å². The van der Waals surface area contributed by atoms with E-state index in [1.807, 2.05) is 0 Å². The Labute approximate surface area is 65.8 Å². The molecule has 1 heterocycles. The second-order valence-corrected chi connectivity index (χ2v) is 10.8. The average molecular weight is 193 g/mol. The van der Waals surface area contributed by atoms with E-state index >= 15 is 0 Å². The zero-order valence-electron chi connectivity index (χ0n) is 6.19. The van der Waals surface area contributed by atoms with E-state index in [-0.39, 0.29) is 0 Å². The molecule has 1 aliphatic rings. The van der Waals surface area contributed by atoms with E-state index in [9.17, 15) is 0 Å². The number of terminal acetylenes is 2. The second-order valence-electron chi connectivity index (χ2n) is 2.93. The standard InChI is InChI=1S/C9H12Ge/c1-3-10(4-2)8-6-5-7-9-10/h1-2H,5-9H2. The first-order valence-corrected chi connectivity index (χ1v) is 8.85. The van der Waals surface area contributed by atoms with Gasteiger partial charge in [-0.25, -0.2) is 0 Å². The predicted octanol–water partition coefficient (Wildman–Crippen LogP) is 1.96. The first-order valence-electron chi connectivity index (χ1n) is 3.78. The van der Waals surface area contributed by atoms with Crippen molar-refractivity contribution >= 4 is 13.3 Å². The summed E-state index contributed by atoms with van der Waals surface area (Å²) in [6.45, 7) is 0. The zero-order chi connectivity index (χ0) is 7.45. The summed E-state index contributed by atoms with van der Waals surface area (Å²) in [4.78, 5) is 0. The van der Waals surface area contributed by atoms with Gasteiger partial charge in [-0.05, 0) is 0 Å². The van der Waals surface area contributed by atoms with Crippen molar-refractivity contribution in [1.29, 1.82) is 0 Å². The maximum absolute atomic E-state index is 5.44. The van der Waals surface area contributed by atoms with E-state index in [4.69, 9.17) is 12.8 Å². The monoisotopic (exact) mass is 194 g/mol. The molecule has 0 radical (unpaired) electrons. The molecule has 0 atom stereocenters. The Bertz CT molecular complexity index is 170. The molecule has 0 aromatic heterocycles. The molecule has 0 aliphatic carbocycles. The van der Waals surface area contributed by atoms with Crippen molar-refractivity contribution in [3.63, 3.8) is 0 Å². The van der Waals surface area contributed by atoms with Crippen LogP contribution in [0.4, 0.5) is 0 Å². The van der Waals surface area contributed by atoms with Crippen LogP contribution in [0.1, 0.15) is 19.3 Å². The molecule has 1 heteroatoms. The third kappa shape index (κ3) is 1.39. The van der Waals surface area contributed by atoms with E-state index in [1.54, 1.807) is 0 Å². The van der Waals surface area contributed by atoms with Crippen LogP contribution in [0.2, 0.25) is 10.5 Å². The first kappa shape index (κ1) is 7.77. The summed E-state index contributed by atoms with van der Waals surface area (Å²) in [6, 6.07) is 0. The zero-order valence-corrected chi connectivity index (χ0v) is 8.29. The SMILES string of the molecule is C#[C][Ge]1([C]#C)[CH2]CCC[CH2]1. The minimum absolute atomic E-state index is 1.22. The quantitative estimate of drug-likeness (QED) is 0.407. The molecule has 0 amide bonds. The molecule has 0 aromatic carbocycles. The number of hydrogen-bond donors (Lipinski definition) is 0. The molecule has 1 aliphatic heterocycles. The van der Waals surface area contributed by atoms with Crippen molar-refractivity contribution in [3.05, 3.63) is 0 Å². The molecular weight excluding hydrogens is 181 g/mol. The number of hydrogen-bond acceptors (Lipinski definition) is 0. The van der Waals surface area contributed by atoms with Gasteiger partial charge in [0.15, 0.2) is 0 Å². The molecule has 1 saturated heterocycles. The minimum atomic E-state index is -2.06. The topological polar surface area (TPSA) is 0 Å². The Morgan fingerprint density at radius 2 is 1.40 bits per heavy atom. The Morgan fingerprint density at radius 1 is 0.900 bits per heavy atom. The summed E-state index contributed by atoms with van der Waals surface area (Å²) in [5.41, 5.74) is 0. The van der Waals surface area contributed by atoms with Crippen molar-refractivity contribution in [1.82, 2.24) is 0 Å². The second kappa shape index (κ2) is 3.17. The molecule has 0 unspecified atom stereocenters. The van der Waals surface area contributed by atoms with Gasteiger partial charge in [-0.2, -0.15) is 0 Å². The summed E-state index contributed by atoms with van der Waals surface area (Å²) in [5, 5.41) is 2.43. The molecule has 0 spiro atoms. The molecule has 0 aromatic rings. The van der Waals surface area contributed by atoms with Crippen LogP contribution in [0.15, 0.2) is 0 Å². The van der Waals surface area contributed by atoms with Gasteiger partial charge in [0.1, 0.15) is 0 Å². The van der Waals surface area contributed by atoms with Gasteiger partial charge < -0.3 is 0 Å². The third-order valence-corrected chi connectivity index (χ3v) is 9.64. The van der Waals surface area contributed by atoms with E-state index in [1.165, 1.54) is 29.8 Å². The fourth-order valence-corrected chi connectivity index (χ4v) is 6.98. The van der Waals surface area contributed by atoms with Crippen LogP contribution >= 0.6 is 0 Å². The van der Waals surface area contributed by atoms with Crippen LogP contribution < -0.4 is 0 Å². The molecular formula is C9H12Ge. The van der Waals surface area contributed by atoms with Gasteiger partial charge in [0, 0.05) is 0 Å². The van der Waals surface area contributed by atoms with Gasteiger partial charge >= 0.3 is 65.4 Å². The van der Waals surface area contributed by atoms with Gasteiger partial charge in [0.25, 0.3) is 0 Å². The van der Waals surface area contributed by atoms with E-state index < -0.39 is 13.3 Å². The van der Waals surface area contributed by atoms with Crippen molar-refractivity contribution < 1.29 is 0 Å². The van der Waals surface area contributed by atoms with Crippen LogP contribution in [0.25, 0.3) is 0 Å². The summed E-state index contributed by atoms with van der Waals surface area (Å²) in [5.74, 6) is 0. The van der Waals surface area contributed by atoms with Gasteiger partial charge in [0.05, 0.1) is 0 Å².